The molecule has 2 rings (SSSR count). The zero-order valence-electron chi connectivity index (χ0n) is 11.1. The van der Waals surface area contributed by atoms with Crippen molar-refractivity contribution < 1.29 is 0 Å². The standard InChI is InChI=1S/C15H23NS/c1-4-16-14-6-5-9-17-15-8-7-12(11(2)3)10-13(14)15/h7-8,10-11,14,16H,4-6,9H2,1-3H3. The highest BCUT2D eigenvalue weighted by atomic mass is 32.2. The number of rotatable bonds is 3. The molecule has 1 aromatic carbocycles. The Balaban J connectivity index is 2.35. The Kier molecular flexibility index (Phi) is 4.52. The van der Waals surface area contributed by atoms with E-state index < -0.39 is 0 Å². The van der Waals surface area contributed by atoms with Crippen molar-refractivity contribution in [3.8, 4) is 0 Å². The van der Waals surface area contributed by atoms with Gasteiger partial charge in [0.15, 0.2) is 0 Å². The minimum atomic E-state index is 0.559. The second-order valence-electron chi connectivity index (χ2n) is 5.05. The molecular formula is C15H23NS. The first kappa shape index (κ1) is 13.0. The Labute approximate surface area is 109 Å². The molecule has 0 radical (unpaired) electrons. The van der Waals surface area contributed by atoms with Gasteiger partial charge in [-0.1, -0.05) is 32.9 Å². The first-order valence-corrected chi connectivity index (χ1v) is 7.71. The zero-order valence-corrected chi connectivity index (χ0v) is 11.9. The highest BCUT2D eigenvalue weighted by molar-refractivity contribution is 7.99. The zero-order chi connectivity index (χ0) is 12.3. The summed E-state index contributed by atoms with van der Waals surface area (Å²) >= 11 is 2.02. The van der Waals surface area contributed by atoms with Gasteiger partial charge >= 0.3 is 0 Å². The molecule has 94 valence electrons. The fourth-order valence-corrected chi connectivity index (χ4v) is 3.48. The molecule has 2 heteroatoms. The van der Waals surface area contributed by atoms with Gasteiger partial charge in [-0.2, -0.15) is 0 Å². The van der Waals surface area contributed by atoms with Gasteiger partial charge in [-0.05, 0) is 48.3 Å². The second kappa shape index (κ2) is 5.92. The molecule has 1 unspecified atom stereocenters. The molecule has 1 heterocycles. The van der Waals surface area contributed by atoms with E-state index in [1.165, 1.54) is 34.6 Å². The molecule has 1 aliphatic rings. The highest BCUT2D eigenvalue weighted by Crippen LogP contribution is 2.36. The number of hydrogen-bond acceptors (Lipinski definition) is 2. The van der Waals surface area contributed by atoms with Gasteiger partial charge < -0.3 is 5.32 Å². The van der Waals surface area contributed by atoms with E-state index in [0.717, 1.165) is 6.54 Å². The Morgan fingerprint density at radius 2 is 2.24 bits per heavy atom. The van der Waals surface area contributed by atoms with E-state index >= 15 is 0 Å². The van der Waals surface area contributed by atoms with Crippen molar-refractivity contribution in [2.75, 3.05) is 12.3 Å². The van der Waals surface area contributed by atoms with Crippen molar-refractivity contribution in [3.05, 3.63) is 29.3 Å². The second-order valence-corrected chi connectivity index (χ2v) is 6.19. The predicted molar refractivity (Wildman–Crippen MR) is 76.9 cm³/mol. The summed E-state index contributed by atoms with van der Waals surface area (Å²) in [4.78, 5) is 1.48. The number of benzene rings is 1. The van der Waals surface area contributed by atoms with Crippen LogP contribution in [0.5, 0.6) is 0 Å². The molecule has 0 saturated carbocycles. The fourth-order valence-electron chi connectivity index (χ4n) is 2.41. The minimum Gasteiger partial charge on any atom is -0.310 e. The van der Waals surface area contributed by atoms with Gasteiger partial charge in [0.1, 0.15) is 0 Å². The van der Waals surface area contributed by atoms with E-state index in [1.54, 1.807) is 0 Å². The van der Waals surface area contributed by atoms with Crippen LogP contribution < -0.4 is 5.32 Å². The quantitative estimate of drug-likeness (QED) is 0.855. The molecule has 0 fully saturated rings. The van der Waals surface area contributed by atoms with E-state index in [-0.39, 0.29) is 0 Å². The normalized spacial score (nSPS) is 20.1. The minimum absolute atomic E-state index is 0.559. The van der Waals surface area contributed by atoms with Crippen molar-refractivity contribution in [1.29, 1.82) is 0 Å². The van der Waals surface area contributed by atoms with E-state index in [0.29, 0.717) is 12.0 Å². The largest absolute Gasteiger partial charge is 0.310 e. The van der Waals surface area contributed by atoms with Crippen LogP contribution in [0.2, 0.25) is 0 Å². The third-order valence-corrected chi connectivity index (χ3v) is 4.60. The fraction of sp³-hybridized carbons (Fsp3) is 0.600. The van der Waals surface area contributed by atoms with E-state index in [2.05, 4.69) is 44.3 Å². The van der Waals surface area contributed by atoms with Gasteiger partial charge in [0.25, 0.3) is 0 Å². The topological polar surface area (TPSA) is 12.0 Å². The van der Waals surface area contributed by atoms with Crippen molar-refractivity contribution >= 4 is 11.8 Å². The molecule has 17 heavy (non-hydrogen) atoms. The summed E-state index contributed by atoms with van der Waals surface area (Å²) in [6, 6.07) is 7.60. The summed E-state index contributed by atoms with van der Waals surface area (Å²) in [6.45, 7) is 7.80. The monoisotopic (exact) mass is 249 g/mol. The molecule has 1 aliphatic heterocycles. The van der Waals surface area contributed by atoms with Crippen molar-refractivity contribution in [1.82, 2.24) is 5.32 Å². The predicted octanol–water partition coefficient (Wildman–Crippen LogP) is 4.35. The third kappa shape index (κ3) is 3.05. The van der Waals surface area contributed by atoms with Gasteiger partial charge in [-0.3, -0.25) is 0 Å². The van der Waals surface area contributed by atoms with Crippen LogP contribution in [-0.4, -0.2) is 12.3 Å². The Bertz CT molecular complexity index is 373. The first-order valence-electron chi connectivity index (χ1n) is 6.72. The smallest absolute Gasteiger partial charge is 0.0331 e. The maximum Gasteiger partial charge on any atom is 0.0331 e. The number of fused-ring (bicyclic) bond motifs is 1. The lowest BCUT2D eigenvalue weighted by Crippen LogP contribution is -2.21. The lowest BCUT2D eigenvalue weighted by atomic mass is 9.96. The summed E-state index contributed by atoms with van der Waals surface area (Å²) in [5.74, 6) is 1.88. The summed E-state index contributed by atoms with van der Waals surface area (Å²) in [5, 5.41) is 3.63. The molecule has 1 nitrogen and oxygen atoms in total. The molecule has 0 bridgehead atoms. The average Bonchev–Trinajstić information content (AvgIpc) is 2.52. The van der Waals surface area contributed by atoms with Crippen molar-refractivity contribution in [3.63, 3.8) is 0 Å². The highest BCUT2D eigenvalue weighted by Gasteiger charge is 2.18. The molecule has 0 aromatic heterocycles. The van der Waals surface area contributed by atoms with Gasteiger partial charge in [0, 0.05) is 10.9 Å². The van der Waals surface area contributed by atoms with Crippen LogP contribution in [0.3, 0.4) is 0 Å². The molecule has 0 saturated heterocycles. The van der Waals surface area contributed by atoms with E-state index in [4.69, 9.17) is 0 Å². The Morgan fingerprint density at radius 3 is 2.94 bits per heavy atom. The maximum absolute atomic E-state index is 3.63. The van der Waals surface area contributed by atoms with Crippen LogP contribution in [-0.2, 0) is 0 Å². The van der Waals surface area contributed by atoms with Crippen molar-refractivity contribution in [2.24, 2.45) is 0 Å². The van der Waals surface area contributed by atoms with Gasteiger partial charge in [0.05, 0.1) is 0 Å². The van der Waals surface area contributed by atoms with E-state index in [9.17, 15) is 0 Å². The molecule has 1 atom stereocenters. The van der Waals surface area contributed by atoms with Crippen LogP contribution in [0.1, 0.15) is 56.7 Å². The molecule has 0 aliphatic carbocycles. The first-order chi connectivity index (χ1) is 8.22. The van der Waals surface area contributed by atoms with Crippen LogP contribution >= 0.6 is 11.8 Å². The molecule has 0 spiro atoms. The van der Waals surface area contributed by atoms with Crippen LogP contribution in [0.15, 0.2) is 23.1 Å². The average molecular weight is 249 g/mol. The van der Waals surface area contributed by atoms with Crippen LogP contribution in [0.4, 0.5) is 0 Å². The lowest BCUT2D eigenvalue weighted by Gasteiger charge is -2.20. The molecule has 1 aromatic rings. The van der Waals surface area contributed by atoms with Gasteiger partial charge in [-0.15, -0.1) is 11.8 Å². The summed E-state index contributed by atoms with van der Waals surface area (Å²) in [7, 11) is 0. The van der Waals surface area contributed by atoms with Crippen molar-refractivity contribution in [2.45, 2.75) is 50.5 Å². The SMILES string of the molecule is CCNC1CCCSc2ccc(C(C)C)cc21. The van der Waals surface area contributed by atoms with Gasteiger partial charge in [0.2, 0.25) is 0 Å². The maximum atomic E-state index is 3.63. The van der Waals surface area contributed by atoms with Crippen LogP contribution in [0, 0.1) is 0 Å². The molecule has 1 N–H and O–H groups in total. The van der Waals surface area contributed by atoms with E-state index in [1.807, 2.05) is 11.8 Å². The summed E-state index contributed by atoms with van der Waals surface area (Å²) < 4.78 is 0. The summed E-state index contributed by atoms with van der Waals surface area (Å²) in [5.41, 5.74) is 3.00. The van der Waals surface area contributed by atoms with Crippen LogP contribution in [0.25, 0.3) is 0 Å². The third-order valence-electron chi connectivity index (χ3n) is 3.42. The number of nitrogens with one attached hydrogen (secondary N) is 1. The lowest BCUT2D eigenvalue weighted by molar-refractivity contribution is 0.508. The Morgan fingerprint density at radius 1 is 1.41 bits per heavy atom. The number of hydrogen-bond donors (Lipinski definition) is 1. The molecular weight excluding hydrogens is 226 g/mol. The summed E-state index contributed by atoms with van der Waals surface area (Å²) in [6.07, 6.45) is 2.59. The number of thioether (sulfide) groups is 1. The molecule has 0 amide bonds. The van der Waals surface area contributed by atoms with Gasteiger partial charge in [-0.25, -0.2) is 0 Å². The Hall–Kier alpha value is -0.470.